The van der Waals surface area contributed by atoms with Crippen LogP contribution < -0.4 is 0 Å². The number of hydrogen-bond acceptors (Lipinski definition) is 1. The third-order valence-corrected chi connectivity index (χ3v) is 4.64. The highest BCUT2D eigenvalue weighted by Gasteiger charge is 2.14. The van der Waals surface area contributed by atoms with Crippen molar-refractivity contribution < 1.29 is 4.39 Å². The summed E-state index contributed by atoms with van der Waals surface area (Å²) in [6, 6.07) is 9.39. The lowest BCUT2D eigenvalue weighted by Gasteiger charge is -2.08. The molecule has 1 aliphatic rings. The fraction of sp³-hybridized carbons (Fsp3) is 0.188. The van der Waals surface area contributed by atoms with Gasteiger partial charge < -0.3 is 4.98 Å². The third kappa shape index (κ3) is 2.01. The maximum atomic E-state index is 13.6. The van der Waals surface area contributed by atoms with E-state index in [0.29, 0.717) is 10.3 Å². The Morgan fingerprint density at radius 2 is 1.95 bits per heavy atom. The van der Waals surface area contributed by atoms with E-state index in [9.17, 15) is 4.39 Å². The second-order valence-electron chi connectivity index (χ2n) is 5.36. The fourth-order valence-electron chi connectivity index (χ4n) is 3.06. The van der Waals surface area contributed by atoms with Crippen molar-refractivity contribution in [3.05, 3.63) is 57.1 Å². The Hall–Kier alpha value is -1.65. The van der Waals surface area contributed by atoms with Crippen LogP contribution in [0.25, 0.3) is 16.7 Å². The van der Waals surface area contributed by atoms with Crippen LogP contribution in [0.2, 0.25) is 5.02 Å². The number of rotatable bonds is 1. The average Bonchev–Trinajstić information content (AvgIpc) is 3.02. The Labute approximate surface area is 131 Å². The summed E-state index contributed by atoms with van der Waals surface area (Å²) in [7, 11) is 0. The first kappa shape index (κ1) is 13.0. The van der Waals surface area contributed by atoms with Crippen LogP contribution in [0.4, 0.5) is 4.39 Å². The van der Waals surface area contributed by atoms with Crippen LogP contribution in [-0.2, 0) is 12.8 Å². The predicted octanol–water partition coefficient (Wildman–Crippen LogP) is 4.97. The highest BCUT2D eigenvalue weighted by Crippen LogP contribution is 2.28. The molecule has 0 spiro atoms. The van der Waals surface area contributed by atoms with Crippen LogP contribution in [0.5, 0.6) is 0 Å². The number of fused-ring (bicyclic) bond motifs is 2. The van der Waals surface area contributed by atoms with Gasteiger partial charge in [0.1, 0.15) is 5.82 Å². The number of hydrogen-bond donors (Lipinski definition) is 1. The summed E-state index contributed by atoms with van der Waals surface area (Å²) in [4.78, 5) is 3.04. The van der Waals surface area contributed by atoms with E-state index in [1.165, 1.54) is 23.6 Å². The number of nitrogens with one attached hydrogen (secondary N) is 1. The van der Waals surface area contributed by atoms with E-state index >= 15 is 0 Å². The molecule has 0 radical (unpaired) electrons. The number of benzene rings is 2. The molecule has 1 heterocycles. The molecule has 3 aromatic rings. The highest BCUT2D eigenvalue weighted by atomic mass is 35.5. The number of aromatic nitrogens is 2. The Balaban J connectivity index is 2.00. The van der Waals surface area contributed by atoms with Gasteiger partial charge in [-0.1, -0.05) is 17.7 Å². The molecule has 4 rings (SSSR count). The zero-order valence-electron chi connectivity index (χ0n) is 11.1. The van der Waals surface area contributed by atoms with Crippen LogP contribution >= 0.6 is 23.8 Å². The van der Waals surface area contributed by atoms with Gasteiger partial charge in [-0.2, -0.15) is 0 Å². The lowest BCUT2D eigenvalue weighted by molar-refractivity contribution is 0.630. The van der Waals surface area contributed by atoms with E-state index in [1.54, 1.807) is 6.07 Å². The van der Waals surface area contributed by atoms with Crippen LogP contribution in [0, 0.1) is 10.6 Å². The Kier molecular flexibility index (Phi) is 2.91. The molecule has 106 valence electrons. The molecule has 0 fully saturated rings. The zero-order chi connectivity index (χ0) is 14.6. The first-order valence-electron chi connectivity index (χ1n) is 6.85. The molecule has 0 bridgehead atoms. The van der Waals surface area contributed by atoms with Gasteiger partial charge >= 0.3 is 0 Å². The SMILES string of the molecule is Fc1cc2[nH]c(=S)n(-c3ccc4c(c3)CCC4)c2cc1Cl. The maximum absolute atomic E-state index is 13.6. The molecule has 2 aromatic carbocycles. The molecule has 1 aliphatic carbocycles. The lowest BCUT2D eigenvalue weighted by atomic mass is 10.1. The van der Waals surface area contributed by atoms with Crippen molar-refractivity contribution in [3.8, 4) is 5.69 Å². The van der Waals surface area contributed by atoms with E-state index in [-0.39, 0.29) is 5.02 Å². The van der Waals surface area contributed by atoms with Gasteiger partial charge in [0, 0.05) is 11.8 Å². The number of nitrogens with zero attached hydrogens (tertiary/aromatic N) is 1. The number of aryl methyl sites for hydroxylation is 2. The number of H-pyrrole nitrogens is 1. The van der Waals surface area contributed by atoms with Gasteiger partial charge in [-0.25, -0.2) is 4.39 Å². The molecule has 5 heteroatoms. The molecular formula is C16H12ClFN2S. The van der Waals surface area contributed by atoms with Gasteiger partial charge in [0.05, 0.1) is 16.1 Å². The van der Waals surface area contributed by atoms with Crippen LogP contribution in [0.1, 0.15) is 17.5 Å². The minimum absolute atomic E-state index is 0.103. The van der Waals surface area contributed by atoms with Crippen molar-refractivity contribution in [2.75, 3.05) is 0 Å². The van der Waals surface area contributed by atoms with Crippen LogP contribution in [0.3, 0.4) is 0 Å². The fourth-order valence-corrected chi connectivity index (χ4v) is 3.53. The maximum Gasteiger partial charge on any atom is 0.182 e. The molecule has 0 saturated heterocycles. The second-order valence-corrected chi connectivity index (χ2v) is 6.15. The summed E-state index contributed by atoms with van der Waals surface area (Å²) in [5.41, 5.74) is 5.23. The molecular weight excluding hydrogens is 307 g/mol. The van der Waals surface area contributed by atoms with E-state index in [0.717, 1.165) is 24.0 Å². The molecule has 0 amide bonds. The van der Waals surface area contributed by atoms with E-state index in [2.05, 4.69) is 23.2 Å². The summed E-state index contributed by atoms with van der Waals surface area (Å²) in [6.07, 6.45) is 3.45. The van der Waals surface area contributed by atoms with Gasteiger partial charge in [0.15, 0.2) is 4.77 Å². The molecule has 0 aliphatic heterocycles. The Morgan fingerprint density at radius 1 is 1.14 bits per heavy atom. The van der Waals surface area contributed by atoms with Gasteiger partial charge in [-0.05, 0) is 60.8 Å². The van der Waals surface area contributed by atoms with Crippen molar-refractivity contribution in [1.29, 1.82) is 0 Å². The minimum Gasteiger partial charge on any atom is -0.330 e. The molecule has 0 unspecified atom stereocenters. The van der Waals surface area contributed by atoms with Gasteiger partial charge in [-0.15, -0.1) is 0 Å². The largest absolute Gasteiger partial charge is 0.330 e. The van der Waals surface area contributed by atoms with Gasteiger partial charge in [0.2, 0.25) is 0 Å². The zero-order valence-corrected chi connectivity index (χ0v) is 12.7. The van der Waals surface area contributed by atoms with Crippen molar-refractivity contribution in [3.63, 3.8) is 0 Å². The summed E-state index contributed by atoms with van der Waals surface area (Å²) >= 11 is 11.3. The van der Waals surface area contributed by atoms with E-state index in [4.69, 9.17) is 23.8 Å². The summed E-state index contributed by atoms with van der Waals surface area (Å²) < 4.78 is 16.0. The van der Waals surface area contributed by atoms with E-state index < -0.39 is 5.82 Å². The molecule has 0 saturated carbocycles. The smallest absolute Gasteiger partial charge is 0.182 e. The monoisotopic (exact) mass is 318 g/mol. The Bertz CT molecular complexity index is 926. The topological polar surface area (TPSA) is 20.7 Å². The number of halogens is 2. The third-order valence-electron chi connectivity index (χ3n) is 4.06. The number of aromatic amines is 1. The van der Waals surface area contributed by atoms with Crippen LogP contribution in [0.15, 0.2) is 30.3 Å². The van der Waals surface area contributed by atoms with Crippen LogP contribution in [-0.4, -0.2) is 9.55 Å². The molecule has 1 N–H and O–H groups in total. The van der Waals surface area contributed by atoms with Gasteiger partial charge in [-0.3, -0.25) is 4.57 Å². The quantitative estimate of drug-likeness (QED) is 0.628. The Morgan fingerprint density at radius 3 is 2.81 bits per heavy atom. The predicted molar refractivity (Wildman–Crippen MR) is 85.5 cm³/mol. The standard InChI is InChI=1S/C16H12ClFN2S/c17-12-7-15-14(8-13(12)18)19-16(21)20(15)11-5-4-9-2-1-3-10(9)6-11/h4-8H,1-3H2,(H,19,21). The van der Waals surface area contributed by atoms with Crippen molar-refractivity contribution in [2.45, 2.75) is 19.3 Å². The van der Waals surface area contributed by atoms with Crippen molar-refractivity contribution in [1.82, 2.24) is 9.55 Å². The molecule has 2 nitrogen and oxygen atoms in total. The lowest BCUT2D eigenvalue weighted by Crippen LogP contribution is -1.96. The summed E-state index contributed by atoms with van der Waals surface area (Å²) in [5.74, 6) is -0.443. The molecule has 1 aromatic heterocycles. The first-order chi connectivity index (χ1) is 10.1. The van der Waals surface area contributed by atoms with Crippen molar-refractivity contribution >= 4 is 34.9 Å². The first-order valence-corrected chi connectivity index (χ1v) is 7.64. The molecule has 21 heavy (non-hydrogen) atoms. The summed E-state index contributed by atoms with van der Waals surface area (Å²) in [5, 5.41) is 0.103. The molecule has 0 atom stereocenters. The van der Waals surface area contributed by atoms with Gasteiger partial charge in [0.25, 0.3) is 0 Å². The number of imidazole rings is 1. The minimum atomic E-state index is -0.443. The normalized spacial score (nSPS) is 13.8. The summed E-state index contributed by atoms with van der Waals surface area (Å²) in [6.45, 7) is 0. The van der Waals surface area contributed by atoms with E-state index in [1.807, 2.05) is 4.57 Å². The highest BCUT2D eigenvalue weighted by molar-refractivity contribution is 7.71. The van der Waals surface area contributed by atoms with Crippen molar-refractivity contribution in [2.24, 2.45) is 0 Å². The average molecular weight is 319 g/mol. The second kappa shape index (κ2) is 4.68.